The van der Waals surface area contributed by atoms with Crippen molar-refractivity contribution in [2.45, 2.75) is 46.6 Å². The molecule has 2 aromatic heterocycles. The average Bonchev–Trinajstić information content (AvgIpc) is 3.42. The molecule has 0 aliphatic carbocycles. The van der Waals surface area contributed by atoms with E-state index in [2.05, 4.69) is 16.0 Å². The summed E-state index contributed by atoms with van der Waals surface area (Å²) >= 11 is 7.77. The summed E-state index contributed by atoms with van der Waals surface area (Å²) in [5.74, 6) is -0.459. The van der Waals surface area contributed by atoms with Crippen molar-refractivity contribution < 1.29 is 14.3 Å². The number of amides is 1. The molecule has 2 aromatic carbocycles. The largest absolute Gasteiger partial charge is 0.459 e. The van der Waals surface area contributed by atoms with E-state index in [1.54, 1.807) is 5.38 Å². The molecular weight excluding hydrogens is 470 g/mol. The van der Waals surface area contributed by atoms with Crippen LogP contribution in [0.1, 0.15) is 42.1 Å². The molecule has 2 heterocycles. The molecule has 4 aromatic rings. The van der Waals surface area contributed by atoms with E-state index in [-0.39, 0.29) is 18.5 Å². The van der Waals surface area contributed by atoms with Gasteiger partial charge in [0.25, 0.3) is 0 Å². The number of anilines is 2. The zero-order valence-corrected chi connectivity index (χ0v) is 20.9. The van der Waals surface area contributed by atoms with Crippen LogP contribution in [0.15, 0.2) is 48.0 Å². The lowest BCUT2D eigenvalue weighted by molar-refractivity contribution is -0.145. The molecule has 0 saturated heterocycles. The van der Waals surface area contributed by atoms with Crippen molar-refractivity contribution >= 4 is 56.5 Å². The second-order valence-corrected chi connectivity index (χ2v) is 9.51. The topological polar surface area (TPSA) is 75.3 Å². The molecule has 0 spiro atoms. The second-order valence-electron chi connectivity index (χ2n) is 8.26. The fourth-order valence-corrected chi connectivity index (χ4v) is 5.30. The molecule has 0 radical (unpaired) electrons. The predicted molar refractivity (Wildman–Crippen MR) is 137 cm³/mol. The Morgan fingerprint density at radius 3 is 2.76 bits per heavy atom. The molecule has 0 aliphatic rings. The van der Waals surface area contributed by atoms with E-state index in [9.17, 15) is 9.59 Å². The Kier molecular flexibility index (Phi) is 7.34. The Bertz CT molecular complexity index is 1320. The standard InChI is InChI=1S/C26H26ClN3O3S/c1-16-11-17(2)25(22(27)12-16)30(18(3)31)26-29-20(15-34-26)14-33-24(32)10-6-7-19-13-28-23-9-5-4-8-21(19)23/h4-5,8-9,11-13,15,28H,6-7,10,14H2,1-3H3. The van der Waals surface area contributed by atoms with Crippen molar-refractivity contribution in [3.8, 4) is 0 Å². The summed E-state index contributed by atoms with van der Waals surface area (Å²) in [7, 11) is 0. The minimum absolute atomic E-state index is 0.0643. The fraction of sp³-hybridized carbons (Fsp3) is 0.269. The van der Waals surface area contributed by atoms with E-state index in [1.165, 1.54) is 34.1 Å². The van der Waals surface area contributed by atoms with E-state index in [4.69, 9.17) is 16.3 Å². The lowest BCUT2D eigenvalue weighted by Crippen LogP contribution is -2.24. The Balaban J connectivity index is 1.35. The number of esters is 1. The molecule has 0 aliphatic heterocycles. The average molecular weight is 496 g/mol. The van der Waals surface area contributed by atoms with Crippen molar-refractivity contribution in [2.75, 3.05) is 4.90 Å². The van der Waals surface area contributed by atoms with Crippen molar-refractivity contribution in [1.29, 1.82) is 0 Å². The number of H-pyrrole nitrogens is 1. The third-order valence-electron chi connectivity index (χ3n) is 5.55. The number of hydrogen-bond donors (Lipinski definition) is 1. The number of benzene rings is 2. The lowest BCUT2D eigenvalue weighted by atomic mass is 10.1. The molecule has 0 saturated carbocycles. The van der Waals surface area contributed by atoms with E-state index in [0.717, 1.165) is 23.1 Å². The number of thiazole rings is 1. The normalized spacial score (nSPS) is 11.1. The first-order chi connectivity index (χ1) is 16.3. The molecule has 8 heteroatoms. The quantitative estimate of drug-likeness (QED) is 0.278. The van der Waals surface area contributed by atoms with Crippen LogP contribution < -0.4 is 4.90 Å². The van der Waals surface area contributed by atoms with Gasteiger partial charge in [-0.1, -0.05) is 35.9 Å². The maximum Gasteiger partial charge on any atom is 0.306 e. The third-order valence-corrected chi connectivity index (χ3v) is 6.71. The molecule has 0 fully saturated rings. The highest BCUT2D eigenvalue weighted by Crippen LogP contribution is 2.37. The number of fused-ring (bicyclic) bond motifs is 1. The summed E-state index contributed by atoms with van der Waals surface area (Å²) in [5.41, 5.74) is 5.42. The number of halogens is 1. The van der Waals surface area contributed by atoms with Crippen molar-refractivity contribution in [2.24, 2.45) is 0 Å². The summed E-state index contributed by atoms with van der Waals surface area (Å²) < 4.78 is 5.43. The predicted octanol–water partition coefficient (Wildman–Crippen LogP) is 6.65. The molecule has 0 atom stereocenters. The van der Waals surface area contributed by atoms with Gasteiger partial charge in [0.05, 0.1) is 16.4 Å². The number of para-hydroxylation sites is 1. The molecule has 176 valence electrons. The van der Waals surface area contributed by atoms with Crippen molar-refractivity contribution in [3.63, 3.8) is 0 Å². The number of hydrogen-bond acceptors (Lipinski definition) is 5. The Labute approximate surface area is 207 Å². The van der Waals surface area contributed by atoms with Crippen LogP contribution >= 0.6 is 22.9 Å². The molecular formula is C26H26ClN3O3S. The molecule has 1 amide bonds. The highest BCUT2D eigenvalue weighted by Gasteiger charge is 2.23. The Hall–Kier alpha value is -3.16. The minimum atomic E-state index is -0.268. The highest BCUT2D eigenvalue weighted by atomic mass is 35.5. The van der Waals surface area contributed by atoms with Crippen LogP contribution in [-0.2, 0) is 27.4 Å². The number of rotatable bonds is 8. The fourth-order valence-electron chi connectivity index (χ4n) is 4.03. The number of nitrogens with one attached hydrogen (secondary N) is 1. The van der Waals surface area contributed by atoms with Gasteiger partial charge in [-0.2, -0.15) is 0 Å². The molecule has 4 rings (SSSR count). The van der Waals surface area contributed by atoms with Crippen LogP contribution in [0.3, 0.4) is 0 Å². The van der Waals surface area contributed by atoms with E-state index >= 15 is 0 Å². The van der Waals surface area contributed by atoms with E-state index in [0.29, 0.717) is 34.4 Å². The molecule has 0 bridgehead atoms. The number of aromatic nitrogens is 2. The van der Waals surface area contributed by atoms with Crippen LogP contribution in [0.5, 0.6) is 0 Å². The first kappa shape index (κ1) is 24.0. The maximum atomic E-state index is 12.5. The number of nitrogens with zero attached hydrogens (tertiary/aromatic N) is 2. The monoisotopic (exact) mass is 495 g/mol. The van der Waals surface area contributed by atoms with Crippen molar-refractivity contribution in [1.82, 2.24) is 9.97 Å². The van der Waals surface area contributed by atoms with Crippen molar-refractivity contribution in [3.05, 3.63) is 75.4 Å². The number of aromatic amines is 1. The van der Waals surface area contributed by atoms with E-state index < -0.39 is 0 Å². The van der Waals surface area contributed by atoms with Gasteiger partial charge in [-0.05, 0) is 55.5 Å². The van der Waals surface area contributed by atoms with Crippen LogP contribution in [0.25, 0.3) is 10.9 Å². The zero-order chi connectivity index (χ0) is 24.2. The summed E-state index contributed by atoms with van der Waals surface area (Å²) in [6.07, 6.45) is 3.82. The van der Waals surface area contributed by atoms with Gasteiger partial charge in [-0.3, -0.25) is 14.5 Å². The number of carbonyl (C=O) groups excluding carboxylic acids is 2. The summed E-state index contributed by atoms with van der Waals surface area (Å²) in [6.45, 7) is 5.41. The van der Waals surface area contributed by atoms with Gasteiger partial charge in [-0.25, -0.2) is 4.98 Å². The third kappa shape index (κ3) is 5.32. The van der Waals surface area contributed by atoms with Crippen LogP contribution in [0.2, 0.25) is 5.02 Å². The first-order valence-electron chi connectivity index (χ1n) is 11.1. The number of aryl methyl sites for hydroxylation is 3. The smallest absolute Gasteiger partial charge is 0.306 e. The van der Waals surface area contributed by atoms with Crippen LogP contribution in [-0.4, -0.2) is 21.8 Å². The van der Waals surface area contributed by atoms with Crippen LogP contribution in [0.4, 0.5) is 10.8 Å². The lowest BCUT2D eigenvalue weighted by Gasteiger charge is -2.22. The maximum absolute atomic E-state index is 12.5. The van der Waals surface area contributed by atoms with Gasteiger partial charge in [0.15, 0.2) is 5.13 Å². The van der Waals surface area contributed by atoms with Gasteiger partial charge in [0.1, 0.15) is 6.61 Å². The zero-order valence-electron chi connectivity index (χ0n) is 19.4. The molecule has 0 unspecified atom stereocenters. The summed E-state index contributed by atoms with van der Waals surface area (Å²) in [6, 6.07) is 11.9. The second kappa shape index (κ2) is 10.4. The molecule has 34 heavy (non-hydrogen) atoms. The van der Waals surface area contributed by atoms with Crippen LogP contribution in [0, 0.1) is 13.8 Å². The van der Waals surface area contributed by atoms with Gasteiger partial charge >= 0.3 is 5.97 Å². The summed E-state index contributed by atoms with van der Waals surface area (Å²) in [5, 5.41) is 3.96. The molecule has 6 nitrogen and oxygen atoms in total. The summed E-state index contributed by atoms with van der Waals surface area (Å²) in [4.78, 5) is 34.0. The highest BCUT2D eigenvalue weighted by molar-refractivity contribution is 7.14. The minimum Gasteiger partial charge on any atom is -0.459 e. The van der Waals surface area contributed by atoms with Gasteiger partial charge in [-0.15, -0.1) is 11.3 Å². The van der Waals surface area contributed by atoms with Gasteiger partial charge in [0, 0.05) is 35.8 Å². The van der Waals surface area contributed by atoms with Gasteiger partial charge in [0.2, 0.25) is 5.91 Å². The Morgan fingerprint density at radius 2 is 2.00 bits per heavy atom. The number of carbonyl (C=O) groups is 2. The SMILES string of the molecule is CC(=O)N(c1nc(COC(=O)CCCc2c[nH]c3ccccc23)cs1)c1c(C)cc(C)cc1Cl. The molecule has 1 N–H and O–H groups in total. The van der Waals surface area contributed by atoms with Gasteiger partial charge < -0.3 is 9.72 Å². The Morgan fingerprint density at radius 1 is 1.21 bits per heavy atom. The first-order valence-corrected chi connectivity index (χ1v) is 12.3. The van der Waals surface area contributed by atoms with E-state index in [1.807, 2.05) is 50.4 Å². The number of ether oxygens (including phenoxy) is 1.